The van der Waals surface area contributed by atoms with Gasteiger partial charge >= 0.3 is 6.18 Å². The third kappa shape index (κ3) is 4.61. The zero-order valence-electron chi connectivity index (χ0n) is 10.5. The smallest absolute Gasteiger partial charge is 0.312 e. The Morgan fingerprint density at radius 3 is 2.30 bits per heavy atom. The van der Waals surface area contributed by atoms with Crippen LogP contribution in [0.3, 0.4) is 0 Å². The van der Waals surface area contributed by atoms with Gasteiger partial charge < -0.3 is 5.32 Å². The molecular weight excluding hydrogens is 351 g/mol. The Hall–Kier alpha value is -0.850. The summed E-state index contributed by atoms with van der Waals surface area (Å²) in [5.74, 6) is 0. The van der Waals surface area contributed by atoms with E-state index in [4.69, 9.17) is 0 Å². The molecule has 1 N–H and O–H groups in total. The van der Waals surface area contributed by atoms with E-state index < -0.39 is 11.7 Å². The quantitative estimate of drug-likeness (QED) is 0.747. The topological polar surface area (TPSA) is 12.0 Å². The molecule has 0 atom stereocenters. The van der Waals surface area contributed by atoms with E-state index in [0.29, 0.717) is 6.54 Å². The Balaban J connectivity index is 1.77. The summed E-state index contributed by atoms with van der Waals surface area (Å²) in [6, 6.07) is 9.33. The summed E-state index contributed by atoms with van der Waals surface area (Å²) < 4.78 is 38.3. The van der Waals surface area contributed by atoms with Crippen LogP contribution in [-0.2, 0) is 19.1 Å². The van der Waals surface area contributed by atoms with Gasteiger partial charge in [0, 0.05) is 18.0 Å². The number of thiophene rings is 1. The highest BCUT2D eigenvalue weighted by Crippen LogP contribution is 2.29. The molecule has 0 amide bonds. The fraction of sp³-hybridized carbons (Fsp3) is 0.286. The predicted molar refractivity (Wildman–Crippen MR) is 78.9 cm³/mol. The van der Waals surface area contributed by atoms with Crippen LogP contribution in [0, 0.1) is 0 Å². The van der Waals surface area contributed by atoms with Crippen molar-refractivity contribution < 1.29 is 13.2 Å². The van der Waals surface area contributed by atoms with Gasteiger partial charge in [-0.05, 0) is 52.2 Å². The summed E-state index contributed by atoms with van der Waals surface area (Å²) in [5, 5.41) is 3.23. The van der Waals surface area contributed by atoms with Crippen molar-refractivity contribution in [1.29, 1.82) is 0 Å². The van der Waals surface area contributed by atoms with Crippen molar-refractivity contribution in [2.24, 2.45) is 0 Å². The van der Waals surface area contributed by atoms with Gasteiger partial charge in [-0.2, -0.15) is 13.2 Å². The van der Waals surface area contributed by atoms with E-state index in [2.05, 4.69) is 27.3 Å². The summed E-state index contributed by atoms with van der Waals surface area (Å²) in [5.41, 5.74) is 0.245. The number of halogens is 4. The summed E-state index contributed by atoms with van der Waals surface area (Å²) >= 11 is 5.10. The normalized spacial score (nSPS) is 11.8. The molecule has 1 aromatic heterocycles. The summed E-state index contributed by atoms with van der Waals surface area (Å²) in [4.78, 5) is 1.27. The highest BCUT2D eigenvalue weighted by molar-refractivity contribution is 9.11. The molecule has 0 bridgehead atoms. The van der Waals surface area contributed by atoms with Crippen molar-refractivity contribution in [1.82, 2.24) is 5.32 Å². The van der Waals surface area contributed by atoms with Crippen molar-refractivity contribution in [3.8, 4) is 0 Å². The number of rotatable bonds is 5. The van der Waals surface area contributed by atoms with Crippen LogP contribution in [-0.4, -0.2) is 6.54 Å². The average Bonchev–Trinajstić information content (AvgIpc) is 2.80. The summed E-state index contributed by atoms with van der Waals surface area (Å²) in [7, 11) is 0. The maximum Gasteiger partial charge on any atom is 0.416 e. The molecule has 20 heavy (non-hydrogen) atoms. The van der Waals surface area contributed by atoms with Crippen molar-refractivity contribution >= 4 is 27.3 Å². The fourth-order valence-corrected chi connectivity index (χ4v) is 3.22. The highest BCUT2D eigenvalue weighted by Gasteiger charge is 2.29. The fourth-order valence-electron chi connectivity index (χ4n) is 1.74. The van der Waals surface area contributed by atoms with Gasteiger partial charge in [-0.1, -0.05) is 12.1 Å². The lowest BCUT2D eigenvalue weighted by Crippen LogP contribution is -2.16. The first-order valence-electron chi connectivity index (χ1n) is 6.06. The number of hydrogen-bond donors (Lipinski definition) is 1. The second-order valence-electron chi connectivity index (χ2n) is 4.33. The third-order valence-corrected chi connectivity index (χ3v) is 4.47. The van der Waals surface area contributed by atoms with Gasteiger partial charge in [-0.3, -0.25) is 0 Å². The number of hydrogen-bond acceptors (Lipinski definition) is 2. The molecule has 0 unspecified atom stereocenters. The number of alkyl halides is 3. The molecule has 1 heterocycles. The van der Waals surface area contributed by atoms with E-state index in [0.717, 1.165) is 34.4 Å². The molecule has 0 spiro atoms. The minimum absolute atomic E-state index is 0.574. The molecule has 0 aliphatic carbocycles. The monoisotopic (exact) mass is 363 g/mol. The lowest BCUT2D eigenvalue weighted by molar-refractivity contribution is -0.137. The van der Waals surface area contributed by atoms with Gasteiger partial charge in [0.25, 0.3) is 0 Å². The molecule has 0 aliphatic rings. The van der Waals surface area contributed by atoms with E-state index in [9.17, 15) is 13.2 Å². The van der Waals surface area contributed by atoms with E-state index >= 15 is 0 Å². The molecular formula is C14H13BrF3NS. The van der Waals surface area contributed by atoms with Crippen LogP contribution in [0.5, 0.6) is 0 Å². The van der Waals surface area contributed by atoms with Gasteiger partial charge in [0.15, 0.2) is 0 Å². The van der Waals surface area contributed by atoms with Crippen molar-refractivity contribution in [2.75, 3.05) is 6.54 Å². The first-order chi connectivity index (χ1) is 9.45. The zero-order chi connectivity index (χ0) is 14.6. The third-order valence-electron chi connectivity index (χ3n) is 2.79. The van der Waals surface area contributed by atoms with Crippen LogP contribution >= 0.6 is 27.3 Å². The molecule has 6 heteroatoms. The summed E-state index contributed by atoms with van der Waals surface area (Å²) in [6.07, 6.45) is -3.35. The molecule has 1 aromatic carbocycles. The zero-order valence-corrected chi connectivity index (χ0v) is 12.9. The van der Waals surface area contributed by atoms with E-state index in [1.54, 1.807) is 11.3 Å². The van der Waals surface area contributed by atoms with Crippen LogP contribution < -0.4 is 5.32 Å². The molecule has 2 rings (SSSR count). The van der Waals surface area contributed by atoms with Crippen molar-refractivity contribution in [2.45, 2.75) is 19.1 Å². The molecule has 0 radical (unpaired) electrons. The largest absolute Gasteiger partial charge is 0.416 e. The molecule has 0 fully saturated rings. The van der Waals surface area contributed by atoms with E-state index in [1.165, 1.54) is 17.0 Å². The number of nitrogens with one attached hydrogen (secondary N) is 1. The first kappa shape index (κ1) is 15.5. The molecule has 1 nitrogen and oxygen atoms in total. The molecule has 0 saturated heterocycles. The van der Waals surface area contributed by atoms with E-state index in [1.807, 2.05) is 6.07 Å². The lowest BCUT2D eigenvalue weighted by Gasteiger charge is -2.08. The minimum atomic E-state index is -4.27. The van der Waals surface area contributed by atoms with Crippen LogP contribution in [0.2, 0.25) is 0 Å². The molecule has 0 aliphatic heterocycles. The van der Waals surface area contributed by atoms with Crippen LogP contribution in [0.25, 0.3) is 0 Å². The lowest BCUT2D eigenvalue weighted by atomic mass is 10.1. The van der Waals surface area contributed by atoms with Gasteiger partial charge in [0.2, 0.25) is 0 Å². The maximum atomic E-state index is 12.4. The van der Waals surface area contributed by atoms with Gasteiger partial charge in [0.05, 0.1) is 9.35 Å². The Bertz CT molecular complexity index is 548. The SMILES string of the molecule is FC(F)(F)c1ccc(CNCCc2ccc(Br)s2)cc1. The van der Waals surface area contributed by atoms with Gasteiger partial charge in [-0.15, -0.1) is 11.3 Å². The van der Waals surface area contributed by atoms with Crippen molar-refractivity contribution in [3.63, 3.8) is 0 Å². The first-order valence-corrected chi connectivity index (χ1v) is 7.67. The standard InChI is InChI=1S/C14H13BrF3NS/c15-13-6-5-12(20-13)7-8-19-9-10-1-3-11(4-2-10)14(16,17)18/h1-6,19H,7-9H2. The second-order valence-corrected chi connectivity index (χ2v) is 6.87. The molecule has 2 aromatic rings. The molecule has 108 valence electrons. The Labute approximate surface area is 128 Å². The van der Waals surface area contributed by atoms with Crippen LogP contribution in [0.4, 0.5) is 13.2 Å². The molecule has 0 saturated carbocycles. The van der Waals surface area contributed by atoms with Crippen LogP contribution in [0.15, 0.2) is 40.2 Å². The maximum absolute atomic E-state index is 12.4. The average molecular weight is 364 g/mol. The summed E-state index contributed by atoms with van der Waals surface area (Å²) in [6.45, 7) is 1.37. The second kappa shape index (κ2) is 6.74. The minimum Gasteiger partial charge on any atom is -0.312 e. The Morgan fingerprint density at radius 2 is 1.75 bits per heavy atom. The van der Waals surface area contributed by atoms with Crippen molar-refractivity contribution in [3.05, 3.63) is 56.2 Å². The van der Waals surface area contributed by atoms with Gasteiger partial charge in [-0.25, -0.2) is 0 Å². The predicted octanol–water partition coefficient (Wildman–Crippen LogP) is 4.86. The number of benzene rings is 1. The van der Waals surface area contributed by atoms with Gasteiger partial charge in [0.1, 0.15) is 0 Å². The Morgan fingerprint density at radius 1 is 1.05 bits per heavy atom. The Kier molecular flexibility index (Phi) is 5.23. The van der Waals surface area contributed by atoms with E-state index in [-0.39, 0.29) is 0 Å². The van der Waals surface area contributed by atoms with Crippen LogP contribution in [0.1, 0.15) is 16.0 Å². The highest BCUT2D eigenvalue weighted by atomic mass is 79.9.